The van der Waals surface area contributed by atoms with Crippen LogP contribution in [0.25, 0.3) is 77.9 Å². The number of hydrogen-bond acceptors (Lipinski definition) is 3. The zero-order chi connectivity index (χ0) is 30.7. The zero-order valence-electron chi connectivity index (χ0n) is 25.1. The third kappa shape index (κ3) is 5.47. The summed E-state index contributed by atoms with van der Waals surface area (Å²) in [5, 5.41) is 1.09. The Morgan fingerprint density at radius 2 is 0.891 bits per heavy atom. The molecule has 0 spiro atoms. The van der Waals surface area contributed by atoms with Gasteiger partial charge in [-0.05, 0) is 75.3 Å². The first-order chi connectivity index (χ1) is 22.8. The Bertz CT molecular complexity index is 2240. The second-order valence-corrected chi connectivity index (χ2v) is 11.3. The lowest BCUT2D eigenvalue weighted by atomic mass is 9.94. The Balaban J connectivity index is 1.22. The summed E-state index contributed by atoms with van der Waals surface area (Å²) in [7, 11) is 0. The molecule has 0 saturated heterocycles. The third-order valence-electron chi connectivity index (χ3n) is 8.45. The second-order valence-electron chi connectivity index (χ2n) is 11.3. The molecule has 0 unspecified atom stereocenters. The first kappa shape index (κ1) is 27.4. The number of rotatable bonds is 6. The molecule has 0 radical (unpaired) electrons. The Hall–Kier alpha value is -6.19. The van der Waals surface area contributed by atoms with Gasteiger partial charge < -0.3 is 0 Å². The molecule has 3 heteroatoms. The Morgan fingerprint density at radius 1 is 0.348 bits per heavy atom. The van der Waals surface area contributed by atoms with E-state index in [1.165, 1.54) is 22.3 Å². The van der Waals surface area contributed by atoms with Crippen molar-refractivity contribution in [3.8, 4) is 67.0 Å². The van der Waals surface area contributed by atoms with Crippen LogP contribution in [-0.2, 0) is 0 Å². The molecule has 5 aromatic carbocycles. The van der Waals surface area contributed by atoms with E-state index in [0.29, 0.717) is 0 Å². The van der Waals surface area contributed by atoms with E-state index >= 15 is 0 Å². The largest absolute Gasteiger partial charge is 0.264 e. The van der Waals surface area contributed by atoms with Crippen LogP contribution in [0.15, 0.2) is 176 Å². The monoisotopic (exact) mass is 587 g/mol. The van der Waals surface area contributed by atoms with E-state index in [2.05, 4.69) is 138 Å². The lowest BCUT2D eigenvalue weighted by Gasteiger charge is -2.13. The SMILES string of the molecule is c1ccc(-c2ccc(-c3ccc4nc(-c5ccc(-c6ccccc6)cc5)cc(-c5ccc(-c6cccnc6)nc5)c4c3)cc2)cc1. The molecule has 0 atom stereocenters. The summed E-state index contributed by atoms with van der Waals surface area (Å²) in [6.07, 6.45) is 5.58. The fraction of sp³-hybridized carbons (Fsp3) is 0. The maximum absolute atomic E-state index is 5.16. The molecular formula is C43H29N3. The van der Waals surface area contributed by atoms with Gasteiger partial charge in [-0.1, -0.05) is 121 Å². The molecule has 8 aromatic rings. The summed E-state index contributed by atoms with van der Waals surface area (Å²) in [5.74, 6) is 0. The van der Waals surface area contributed by atoms with Gasteiger partial charge in [-0.15, -0.1) is 0 Å². The highest BCUT2D eigenvalue weighted by Gasteiger charge is 2.13. The number of benzene rings is 5. The fourth-order valence-corrected chi connectivity index (χ4v) is 5.98. The molecule has 0 amide bonds. The summed E-state index contributed by atoms with van der Waals surface area (Å²) in [6.45, 7) is 0. The molecular weight excluding hydrogens is 558 g/mol. The zero-order valence-corrected chi connectivity index (χ0v) is 25.1. The minimum absolute atomic E-state index is 0.895. The molecule has 216 valence electrons. The first-order valence-electron chi connectivity index (χ1n) is 15.4. The number of hydrogen-bond donors (Lipinski definition) is 0. The van der Waals surface area contributed by atoms with Gasteiger partial charge in [0.2, 0.25) is 0 Å². The van der Waals surface area contributed by atoms with Crippen LogP contribution in [0.4, 0.5) is 0 Å². The smallest absolute Gasteiger partial charge is 0.0717 e. The van der Waals surface area contributed by atoms with Gasteiger partial charge in [0.25, 0.3) is 0 Å². The molecule has 0 fully saturated rings. The molecule has 3 aromatic heterocycles. The van der Waals surface area contributed by atoms with Crippen LogP contribution in [-0.4, -0.2) is 15.0 Å². The van der Waals surface area contributed by atoms with Gasteiger partial charge in [0.1, 0.15) is 0 Å². The van der Waals surface area contributed by atoms with Gasteiger partial charge in [0.05, 0.1) is 16.9 Å². The van der Waals surface area contributed by atoms with Crippen LogP contribution >= 0.6 is 0 Å². The number of pyridine rings is 3. The topological polar surface area (TPSA) is 38.7 Å². The second kappa shape index (κ2) is 12.1. The van der Waals surface area contributed by atoms with E-state index in [4.69, 9.17) is 9.97 Å². The highest BCUT2D eigenvalue weighted by atomic mass is 14.7. The Labute approximate surface area is 268 Å². The van der Waals surface area contributed by atoms with Gasteiger partial charge >= 0.3 is 0 Å². The lowest BCUT2D eigenvalue weighted by Crippen LogP contribution is -1.92. The van der Waals surface area contributed by atoms with E-state index in [0.717, 1.165) is 55.7 Å². The average Bonchev–Trinajstić information content (AvgIpc) is 3.15. The maximum Gasteiger partial charge on any atom is 0.0717 e. The van der Waals surface area contributed by atoms with Gasteiger partial charge in [0.15, 0.2) is 0 Å². The van der Waals surface area contributed by atoms with Crippen LogP contribution < -0.4 is 0 Å². The van der Waals surface area contributed by atoms with Crippen molar-refractivity contribution in [1.82, 2.24) is 15.0 Å². The van der Waals surface area contributed by atoms with Crippen molar-refractivity contribution >= 4 is 10.9 Å². The van der Waals surface area contributed by atoms with Crippen molar-refractivity contribution in [2.24, 2.45) is 0 Å². The molecule has 0 aliphatic rings. The summed E-state index contributed by atoms with van der Waals surface area (Å²) in [5.41, 5.74) is 14.1. The van der Waals surface area contributed by atoms with E-state index in [9.17, 15) is 0 Å². The summed E-state index contributed by atoms with van der Waals surface area (Å²) in [6, 6.07) is 55.3. The van der Waals surface area contributed by atoms with Gasteiger partial charge in [0, 0.05) is 40.7 Å². The van der Waals surface area contributed by atoms with Crippen LogP contribution in [0, 0.1) is 0 Å². The third-order valence-corrected chi connectivity index (χ3v) is 8.45. The summed E-state index contributed by atoms with van der Waals surface area (Å²) in [4.78, 5) is 14.3. The molecule has 0 aliphatic carbocycles. The number of aromatic nitrogens is 3. The summed E-state index contributed by atoms with van der Waals surface area (Å²) < 4.78 is 0. The first-order valence-corrected chi connectivity index (χ1v) is 15.4. The Morgan fingerprint density at radius 3 is 1.48 bits per heavy atom. The maximum atomic E-state index is 5.16. The standard InChI is InChI=1S/C43H29N3/c1-3-8-30(9-4-1)32-13-15-34(16-14-32)36-21-24-42-40(26-36)39(37-22-23-41(45-29-37)38-12-7-25-44-28-38)27-43(46-42)35-19-17-33(18-20-35)31-10-5-2-6-11-31/h1-29H. The fourth-order valence-electron chi connectivity index (χ4n) is 5.98. The highest BCUT2D eigenvalue weighted by Crippen LogP contribution is 2.36. The molecule has 8 rings (SSSR count). The van der Waals surface area contributed by atoms with Crippen molar-refractivity contribution in [1.29, 1.82) is 0 Å². The van der Waals surface area contributed by atoms with Crippen molar-refractivity contribution in [3.05, 3.63) is 176 Å². The molecule has 0 aliphatic heterocycles. The Kier molecular flexibility index (Phi) is 7.18. The van der Waals surface area contributed by atoms with Crippen LogP contribution in [0.5, 0.6) is 0 Å². The normalized spacial score (nSPS) is 11.0. The molecule has 0 bridgehead atoms. The van der Waals surface area contributed by atoms with E-state index in [1.807, 2.05) is 36.7 Å². The van der Waals surface area contributed by atoms with E-state index < -0.39 is 0 Å². The van der Waals surface area contributed by atoms with Crippen molar-refractivity contribution in [3.63, 3.8) is 0 Å². The van der Waals surface area contributed by atoms with Gasteiger partial charge in [-0.25, -0.2) is 4.98 Å². The quantitative estimate of drug-likeness (QED) is 0.194. The number of nitrogens with zero attached hydrogens (tertiary/aromatic N) is 3. The highest BCUT2D eigenvalue weighted by molar-refractivity contribution is 5.99. The minimum Gasteiger partial charge on any atom is -0.264 e. The van der Waals surface area contributed by atoms with Gasteiger partial charge in [-0.3, -0.25) is 9.97 Å². The van der Waals surface area contributed by atoms with Crippen LogP contribution in [0.1, 0.15) is 0 Å². The van der Waals surface area contributed by atoms with Crippen molar-refractivity contribution in [2.45, 2.75) is 0 Å². The predicted molar refractivity (Wildman–Crippen MR) is 190 cm³/mol. The molecule has 0 N–H and O–H groups in total. The minimum atomic E-state index is 0.895. The van der Waals surface area contributed by atoms with Crippen LogP contribution in [0.3, 0.4) is 0 Å². The van der Waals surface area contributed by atoms with Crippen molar-refractivity contribution in [2.75, 3.05) is 0 Å². The van der Waals surface area contributed by atoms with E-state index in [1.54, 1.807) is 6.20 Å². The van der Waals surface area contributed by atoms with Gasteiger partial charge in [-0.2, -0.15) is 0 Å². The molecule has 3 nitrogen and oxygen atoms in total. The lowest BCUT2D eigenvalue weighted by molar-refractivity contribution is 1.28. The predicted octanol–water partition coefficient (Wildman–Crippen LogP) is 11.0. The van der Waals surface area contributed by atoms with Crippen molar-refractivity contribution < 1.29 is 0 Å². The molecule has 46 heavy (non-hydrogen) atoms. The molecule has 3 heterocycles. The van der Waals surface area contributed by atoms with Crippen LogP contribution in [0.2, 0.25) is 0 Å². The summed E-state index contributed by atoms with van der Waals surface area (Å²) >= 11 is 0. The van der Waals surface area contributed by atoms with E-state index in [-0.39, 0.29) is 0 Å². The average molecular weight is 588 g/mol. The molecule has 0 saturated carbocycles. The number of fused-ring (bicyclic) bond motifs is 1.